The molecular formula is C6H8NNaO4S2. The van der Waals surface area contributed by atoms with E-state index in [-0.39, 0.29) is 40.8 Å². The van der Waals surface area contributed by atoms with E-state index in [1.807, 2.05) is 0 Å². The van der Waals surface area contributed by atoms with Crippen LogP contribution in [0.1, 0.15) is 1.43 Å². The topological polar surface area (TPSA) is 97.5 Å². The molecule has 8 heteroatoms. The average Bonchev–Trinajstić information content (AvgIpc) is 2.03. The molecule has 1 aromatic rings. The van der Waals surface area contributed by atoms with E-state index in [1.54, 1.807) is 0 Å². The molecule has 1 atom stereocenters. The Kier molecular flexibility index (Phi) is 5.45. The van der Waals surface area contributed by atoms with Gasteiger partial charge in [-0.25, -0.2) is 17.8 Å². The first-order valence-corrected chi connectivity index (χ1v) is 5.80. The van der Waals surface area contributed by atoms with Gasteiger partial charge in [-0.05, 0) is 18.2 Å². The Morgan fingerprint density at radius 1 is 1.43 bits per heavy atom. The van der Waals surface area contributed by atoms with Crippen molar-refractivity contribution < 1.29 is 48.2 Å². The molecular weight excluding hydrogens is 237 g/mol. The molecule has 0 saturated heterocycles. The van der Waals surface area contributed by atoms with Gasteiger partial charge in [-0.2, -0.15) is 0 Å². The maximum atomic E-state index is 10.8. The van der Waals surface area contributed by atoms with Gasteiger partial charge >= 0.3 is 29.6 Å². The molecule has 1 rings (SSSR count). The monoisotopic (exact) mass is 245 g/mol. The molecule has 1 unspecified atom stereocenters. The molecule has 0 saturated carbocycles. The third kappa shape index (κ3) is 3.77. The fraction of sp³-hybridized carbons (Fsp3) is 0. The van der Waals surface area contributed by atoms with Crippen molar-refractivity contribution in [3.63, 3.8) is 0 Å². The molecule has 0 spiro atoms. The first kappa shape index (κ1) is 14.2. The third-order valence-corrected chi connectivity index (χ3v) is 2.90. The van der Waals surface area contributed by atoms with Crippen molar-refractivity contribution in [2.75, 3.05) is 0 Å². The third-order valence-electron chi connectivity index (χ3n) is 1.34. The summed E-state index contributed by atoms with van der Waals surface area (Å²) < 4.78 is 40.8. The second kappa shape index (κ2) is 5.36. The summed E-state index contributed by atoms with van der Waals surface area (Å²) in [4.78, 5) is -0.168. The first-order valence-electron chi connectivity index (χ1n) is 3.15. The Morgan fingerprint density at radius 2 is 2.00 bits per heavy atom. The molecule has 0 fully saturated rings. The molecule has 74 valence electrons. The van der Waals surface area contributed by atoms with Crippen LogP contribution in [0.4, 0.5) is 0 Å². The fourth-order valence-corrected chi connectivity index (χ4v) is 1.82. The Morgan fingerprint density at radius 3 is 2.43 bits per heavy atom. The van der Waals surface area contributed by atoms with Crippen LogP contribution in [-0.4, -0.2) is 17.2 Å². The van der Waals surface area contributed by atoms with Crippen LogP contribution in [0, 0.1) is 0 Å². The Hall–Kier alpha value is 0.240. The number of benzene rings is 1. The molecule has 0 amide bonds. The molecule has 14 heavy (non-hydrogen) atoms. The molecule has 5 nitrogen and oxygen atoms in total. The predicted molar refractivity (Wildman–Crippen MR) is 48.0 cm³/mol. The van der Waals surface area contributed by atoms with Crippen molar-refractivity contribution in [1.82, 2.24) is 0 Å². The van der Waals surface area contributed by atoms with Gasteiger partial charge in [0.05, 0.1) is 9.79 Å². The summed E-state index contributed by atoms with van der Waals surface area (Å²) >= 11 is -2.19. The molecule has 0 radical (unpaired) electrons. The van der Waals surface area contributed by atoms with Crippen LogP contribution >= 0.6 is 0 Å². The molecule has 0 aliphatic rings. The van der Waals surface area contributed by atoms with Crippen molar-refractivity contribution >= 4 is 21.1 Å². The minimum atomic E-state index is -3.80. The second-order valence-electron chi connectivity index (χ2n) is 2.27. The van der Waals surface area contributed by atoms with Gasteiger partial charge in [0.15, 0.2) is 11.1 Å². The van der Waals surface area contributed by atoms with Crippen molar-refractivity contribution in [3.8, 4) is 0 Å². The molecule has 0 heterocycles. The number of primary sulfonamides is 1. The fourth-order valence-electron chi connectivity index (χ4n) is 0.760. The molecule has 0 aliphatic heterocycles. The Balaban J connectivity index is 0. The molecule has 3 N–H and O–H groups in total. The van der Waals surface area contributed by atoms with Crippen LogP contribution in [0.5, 0.6) is 0 Å². The van der Waals surface area contributed by atoms with Gasteiger partial charge in [0.25, 0.3) is 0 Å². The van der Waals surface area contributed by atoms with Crippen molar-refractivity contribution in [3.05, 3.63) is 24.3 Å². The van der Waals surface area contributed by atoms with Crippen molar-refractivity contribution in [2.45, 2.75) is 9.79 Å². The summed E-state index contributed by atoms with van der Waals surface area (Å²) in [6.45, 7) is 0. The van der Waals surface area contributed by atoms with Gasteiger partial charge < -0.3 is 5.98 Å². The molecule has 0 bridgehead atoms. The van der Waals surface area contributed by atoms with E-state index in [9.17, 15) is 12.6 Å². The summed E-state index contributed by atoms with van der Waals surface area (Å²) in [5.41, 5.74) is 0. The number of hydrogen-bond donors (Lipinski definition) is 2. The van der Waals surface area contributed by atoms with Gasteiger partial charge in [0.2, 0.25) is 10.0 Å². The maximum Gasteiger partial charge on any atom is 1.00 e. The summed E-state index contributed by atoms with van der Waals surface area (Å²) in [5, 5.41) is 4.82. The maximum absolute atomic E-state index is 10.8. The molecule has 0 aromatic heterocycles. The zero-order valence-electron chi connectivity index (χ0n) is 8.38. The quantitative estimate of drug-likeness (QED) is 0.429. The standard InChI is InChI=1S/C6H7NO4S2.Na.H/c7-13(10,11)6-3-1-2-5(4-6)12(8)9;;/h1-4H,(H,8,9)(H2,7,10,11);;/q;+1;-1. The van der Waals surface area contributed by atoms with Gasteiger partial charge in [-0.1, -0.05) is 6.07 Å². The van der Waals surface area contributed by atoms with E-state index in [1.165, 1.54) is 18.2 Å². The Labute approximate surface area is 108 Å². The minimum Gasteiger partial charge on any atom is -1.00 e. The predicted octanol–water partition coefficient (Wildman–Crippen LogP) is -2.97. The number of nitrogens with two attached hydrogens (primary N) is 1. The van der Waals surface area contributed by atoms with Crippen molar-refractivity contribution in [2.24, 2.45) is 5.14 Å². The summed E-state index contributed by atoms with van der Waals surface area (Å²) in [6.07, 6.45) is 0. The van der Waals surface area contributed by atoms with Crippen molar-refractivity contribution in [1.29, 1.82) is 0 Å². The van der Waals surface area contributed by atoms with Gasteiger partial charge in [-0.3, -0.25) is 0 Å². The van der Waals surface area contributed by atoms with E-state index in [0.717, 1.165) is 6.07 Å². The van der Waals surface area contributed by atoms with Crippen LogP contribution in [-0.2, 0) is 21.1 Å². The van der Waals surface area contributed by atoms with E-state index in [2.05, 4.69) is 0 Å². The summed E-state index contributed by atoms with van der Waals surface area (Å²) in [6, 6.07) is 5.01. The molecule has 1 aromatic carbocycles. The van der Waals surface area contributed by atoms with Crippen LogP contribution in [0.15, 0.2) is 34.1 Å². The van der Waals surface area contributed by atoms with E-state index in [0.29, 0.717) is 0 Å². The average molecular weight is 245 g/mol. The number of hydrogen-bond acceptors (Lipinski definition) is 3. The molecule has 0 aliphatic carbocycles. The normalized spacial score (nSPS) is 13.0. The van der Waals surface area contributed by atoms with Crippen LogP contribution < -0.4 is 34.7 Å². The second-order valence-corrected chi connectivity index (χ2v) is 4.80. The zero-order valence-corrected chi connectivity index (χ0v) is 11.0. The van der Waals surface area contributed by atoms with E-state index < -0.39 is 21.1 Å². The van der Waals surface area contributed by atoms with Gasteiger partial charge in [0, 0.05) is 0 Å². The summed E-state index contributed by atoms with van der Waals surface area (Å²) in [5.74, 6) is 0. The number of rotatable bonds is 2. The van der Waals surface area contributed by atoms with Gasteiger partial charge in [0.1, 0.15) is 0 Å². The van der Waals surface area contributed by atoms with Gasteiger partial charge in [-0.15, -0.1) is 0 Å². The van der Waals surface area contributed by atoms with Crippen LogP contribution in [0.25, 0.3) is 0 Å². The largest absolute Gasteiger partial charge is 1.00 e. The van der Waals surface area contributed by atoms with Crippen LogP contribution in [0.2, 0.25) is 0 Å². The smallest absolute Gasteiger partial charge is 1.00 e. The SMILES string of the molecule is NS(=O)(=O)c1cccc(S(=O)O)c1.[H-].[Na+]. The first-order chi connectivity index (χ1) is 5.91. The zero-order chi connectivity index (χ0) is 10.1. The van der Waals surface area contributed by atoms with E-state index >= 15 is 0 Å². The number of sulfonamides is 1. The minimum absolute atomic E-state index is 0. The van der Waals surface area contributed by atoms with Crippen LogP contribution in [0.3, 0.4) is 0 Å². The summed E-state index contributed by atoms with van der Waals surface area (Å²) in [7, 11) is -3.80. The van der Waals surface area contributed by atoms with E-state index in [4.69, 9.17) is 9.69 Å². The Bertz CT molecular complexity index is 450.